The van der Waals surface area contributed by atoms with Crippen LogP contribution in [0.2, 0.25) is 0 Å². The maximum absolute atomic E-state index is 8.80. The zero-order chi connectivity index (χ0) is 8.53. The second-order valence-corrected chi connectivity index (χ2v) is 2.04. The molecule has 2 N–H and O–H groups in total. The summed E-state index contributed by atoms with van der Waals surface area (Å²) in [6.45, 7) is 3.82. The summed E-state index contributed by atoms with van der Waals surface area (Å²) in [5.41, 5.74) is 0. The van der Waals surface area contributed by atoms with E-state index >= 15 is 0 Å². The van der Waals surface area contributed by atoms with Crippen molar-refractivity contribution in [1.29, 1.82) is 0 Å². The van der Waals surface area contributed by atoms with Gasteiger partial charge in [-0.15, -0.1) is 0 Å². The molecule has 0 aliphatic carbocycles. The van der Waals surface area contributed by atoms with Gasteiger partial charge in [-0.25, -0.2) is 0 Å². The minimum absolute atomic E-state index is 0.165. The topological polar surface area (TPSA) is 49.7 Å². The summed E-state index contributed by atoms with van der Waals surface area (Å²) in [6, 6.07) is 0. The monoisotopic (exact) mass is 158 g/mol. The standard InChI is InChI=1S/C8H14O3/c1-2-3-4-5-11-7-8(10)6-9/h2-4,8-10H,1,5-7H2. The van der Waals surface area contributed by atoms with Gasteiger partial charge in [-0.05, 0) is 0 Å². The molecule has 0 aromatic heterocycles. The number of hydrogen-bond acceptors (Lipinski definition) is 3. The van der Waals surface area contributed by atoms with Crippen LogP contribution in [-0.4, -0.2) is 36.1 Å². The first-order valence-electron chi connectivity index (χ1n) is 3.45. The van der Waals surface area contributed by atoms with Crippen LogP contribution in [0.5, 0.6) is 0 Å². The Bertz CT molecular complexity index is 121. The molecule has 3 nitrogen and oxygen atoms in total. The summed E-state index contributed by atoms with van der Waals surface area (Å²) in [6.07, 6.45) is 4.40. The molecule has 0 radical (unpaired) electrons. The Morgan fingerprint density at radius 3 is 2.82 bits per heavy atom. The fourth-order valence-electron chi connectivity index (χ4n) is 0.477. The van der Waals surface area contributed by atoms with Gasteiger partial charge in [0.15, 0.2) is 0 Å². The summed E-state index contributed by atoms with van der Waals surface area (Å²) in [7, 11) is 0. The van der Waals surface area contributed by atoms with E-state index in [0.717, 1.165) is 0 Å². The first kappa shape index (κ1) is 10.4. The first-order valence-corrected chi connectivity index (χ1v) is 3.45. The highest BCUT2D eigenvalue weighted by molar-refractivity contribution is 4.96. The second kappa shape index (κ2) is 7.47. The molecule has 0 spiro atoms. The van der Waals surface area contributed by atoms with E-state index in [4.69, 9.17) is 14.9 Å². The van der Waals surface area contributed by atoms with Crippen LogP contribution in [0, 0.1) is 0 Å². The molecule has 0 saturated heterocycles. The Balaban J connectivity index is 3.13. The van der Waals surface area contributed by atoms with Crippen molar-refractivity contribution in [3.8, 4) is 0 Å². The van der Waals surface area contributed by atoms with E-state index in [1.54, 1.807) is 18.2 Å². The number of hydrogen-bond donors (Lipinski definition) is 2. The third-order valence-corrected chi connectivity index (χ3v) is 1.01. The van der Waals surface area contributed by atoms with Gasteiger partial charge >= 0.3 is 0 Å². The van der Waals surface area contributed by atoms with Crippen LogP contribution in [-0.2, 0) is 4.74 Å². The van der Waals surface area contributed by atoms with Crippen molar-refractivity contribution in [3.63, 3.8) is 0 Å². The minimum atomic E-state index is -0.771. The van der Waals surface area contributed by atoms with Gasteiger partial charge in [0.1, 0.15) is 6.10 Å². The number of aliphatic hydroxyl groups excluding tert-OH is 2. The molecule has 0 amide bonds. The van der Waals surface area contributed by atoms with Crippen LogP contribution in [0.15, 0.2) is 24.8 Å². The van der Waals surface area contributed by atoms with Crippen LogP contribution >= 0.6 is 0 Å². The lowest BCUT2D eigenvalue weighted by atomic mass is 10.4. The third-order valence-electron chi connectivity index (χ3n) is 1.01. The van der Waals surface area contributed by atoms with Crippen molar-refractivity contribution in [2.45, 2.75) is 6.10 Å². The van der Waals surface area contributed by atoms with Crippen LogP contribution in [0.1, 0.15) is 0 Å². The Morgan fingerprint density at radius 1 is 1.55 bits per heavy atom. The fourth-order valence-corrected chi connectivity index (χ4v) is 0.477. The normalized spacial score (nSPS) is 13.6. The van der Waals surface area contributed by atoms with E-state index in [0.29, 0.717) is 6.61 Å². The number of ether oxygens (including phenoxy) is 1. The first-order chi connectivity index (χ1) is 5.31. The van der Waals surface area contributed by atoms with Gasteiger partial charge in [0.25, 0.3) is 0 Å². The molecular formula is C8H14O3. The molecule has 0 aliphatic heterocycles. The molecule has 64 valence electrons. The maximum Gasteiger partial charge on any atom is 0.100 e. The van der Waals surface area contributed by atoms with Crippen molar-refractivity contribution in [2.75, 3.05) is 19.8 Å². The van der Waals surface area contributed by atoms with E-state index in [1.165, 1.54) is 0 Å². The quantitative estimate of drug-likeness (QED) is 0.425. The minimum Gasteiger partial charge on any atom is -0.394 e. The van der Waals surface area contributed by atoms with E-state index in [1.807, 2.05) is 0 Å². The molecule has 0 aliphatic rings. The highest BCUT2D eigenvalue weighted by atomic mass is 16.5. The van der Waals surface area contributed by atoms with Crippen LogP contribution in [0.4, 0.5) is 0 Å². The van der Waals surface area contributed by atoms with Crippen molar-refractivity contribution in [3.05, 3.63) is 24.8 Å². The van der Waals surface area contributed by atoms with Crippen LogP contribution in [0.3, 0.4) is 0 Å². The van der Waals surface area contributed by atoms with Crippen molar-refractivity contribution in [2.24, 2.45) is 0 Å². The zero-order valence-electron chi connectivity index (χ0n) is 6.44. The van der Waals surface area contributed by atoms with Gasteiger partial charge in [-0.2, -0.15) is 0 Å². The molecule has 0 aromatic rings. The highest BCUT2D eigenvalue weighted by Crippen LogP contribution is 1.84. The Morgan fingerprint density at radius 2 is 2.27 bits per heavy atom. The predicted molar refractivity (Wildman–Crippen MR) is 43.2 cm³/mol. The maximum atomic E-state index is 8.80. The molecule has 11 heavy (non-hydrogen) atoms. The fraction of sp³-hybridized carbons (Fsp3) is 0.500. The average molecular weight is 158 g/mol. The number of aliphatic hydroxyl groups is 2. The molecule has 0 aromatic carbocycles. The summed E-state index contributed by atoms with van der Waals surface area (Å²) < 4.78 is 4.94. The lowest BCUT2D eigenvalue weighted by Crippen LogP contribution is -2.19. The predicted octanol–water partition coefficient (Wildman–Crippen LogP) is 0.0984. The van der Waals surface area contributed by atoms with E-state index < -0.39 is 6.10 Å². The Labute approximate surface area is 66.6 Å². The average Bonchev–Trinajstić information content (AvgIpc) is 2.04. The summed E-state index contributed by atoms with van der Waals surface area (Å²) >= 11 is 0. The molecule has 0 bridgehead atoms. The summed E-state index contributed by atoms with van der Waals surface area (Å²) in [5, 5.41) is 17.2. The largest absolute Gasteiger partial charge is 0.394 e. The van der Waals surface area contributed by atoms with Crippen LogP contribution < -0.4 is 0 Å². The second-order valence-electron chi connectivity index (χ2n) is 2.04. The van der Waals surface area contributed by atoms with Gasteiger partial charge in [0.05, 0.1) is 19.8 Å². The molecule has 3 heteroatoms. The molecule has 0 heterocycles. The van der Waals surface area contributed by atoms with Crippen LogP contribution in [0.25, 0.3) is 0 Å². The van der Waals surface area contributed by atoms with E-state index in [2.05, 4.69) is 6.58 Å². The number of rotatable bonds is 6. The lowest BCUT2D eigenvalue weighted by molar-refractivity contribution is 0.0149. The van der Waals surface area contributed by atoms with E-state index in [-0.39, 0.29) is 13.2 Å². The molecule has 0 saturated carbocycles. The molecule has 0 fully saturated rings. The van der Waals surface area contributed by atoms with Crippen molar-refractivity contribution >= 4 is 0 Å². The smallest absolute Gasteiger partial charge is 0.100 e. The molecular weight excluding hydrogens is 144 g/mol. The molecule has 0 rings (SSSR count). The van der Waals surface area contributed by atoms with Gasteiger partial charge < -0.3 is 14.9 Å². The summed E-state index contributed by atoms with van der Waals surface area (Å²) in [5.74, 6) is 0. The van der Waals surface area contributed by atoms with Gasteiger partial charge in [0, 0.05) is 0 Å². The molecule has 1 atom stereocenters. The van der Waals surface area contributed by atoms with Crippen molar-refractivity contribution < 1.29 is 14.9 Å². The Hall–Kier alpha value is -0.640. The SMILES string of the molecule is C=CC=CCOCC(O)CO. The highest BCUT2D eigenvalue weighted by Gasteiger charge is 1.98. The van der Waals surface area contributed by atoms with Gasteiger partial charge in [-0.3, -0.25) is 0 Å². The molecule has 1 unspecified atom stereocenters. The Kier molecular flexibility index (Phi) is 7.03. The van der Waals surface area contributed by atoms with Crippen molar-refractivity contribution in [1.82, 2.24) is 0 Å². The van der Waals surface area contributed by atoms with Gasteiger partial charge in [-0.1, -0.05) is 24.8 Å². The zero-order valence-corrected chi connectivity index (χ0v) is 6.44. The summed E-state index contributed by atoms with van der Waals surface area (Å²) in [4.78, 5) is 0. The number of allylic oxidation sites excluding steroid dienone is 2. The third kappa shape index (κ3) is 7.25. The lowest BCUT2D eigenvalue weighted by Gasteiger charge is -2.05. The van der Waals surface area contributed by atoms with E-state index in [9.17, 15) is 0 Å². The van der Waals surface area contributed by atoms with Gasteiger partial charge in [0.2, 0.25) is 0 Å².